The van der Waals surface area contributed by atoms with Gasteiger partial charge in [0.25, 0.3) is 0 Å². The molecule has 0 aromatic heterocycles. The second-order valence-corrected chi connectivity index (χ2v) is 8.25. The summed E-state index contributed by atoms with van der Waals surface area (Å²) in [7, 11) is 1.69. The van der Waals surface area contributed by atoms with E-state index in [9.17, 15) is 4.79 Å². The predicted octanol–water partition coefficient (Wildman–Crippen LogP) is 3.27. The third-order valence-corrected chi connectivity index (χ3v) is 5.73. The van der Waals surface area contributed by atoms with Crippen molar-refractivity contribution in [1.29, 1.82) is 0 Å². The average Bonchev–Trinajstić information content (AvgIpc) is 3.19. The summed E-state index contributed by atoms with van der Waals surface area (Å²) in [5, 5.41) is 6.73. The minimum atomic E-state index is 0.248. The number of methoxy groups -OCH3 is 1. The van der Waals surface area contributed by atoms with E-state index in [4.69, 9.17) is 9.73 Å². The quantitative estimate of drug-likeness (QED) is 0.322. The minimum absolute atomic E-state index is 0.248. The first-order valence-electron chi connectivity index (χ1n) is 11.6. The van der Waals surface area contributed by atoms with Crippen LogP contribution >= 0.6 is 0 Å². The van der Waals surface area contributed by atoms with E-state index in [1.165, 1.54) is 11.1 Å². The Labute approximate surface area is 192 Å². The highest BCUT2D eigenvalue weighted by molar-refractivity contribution is 5.80. The number of aliphatic imine (C=N–C) groups is 1. The number of hydrogen-bond acceptors (Lipinski definition) is 3. The molecule has 1 heterocycles. The third-order valence-electron chi connectivity index (χ3n) is 5.73. The van der Waals surface area contributed by atoms with Crippen LogP contribution in [-0.2, 0) is 17.6 Å². The Morgan fingerprint density at radius 1 is 1.09 bits per heavy atom. The zero-order valence-electron chi connectivity index (χ0n) is 19.3. The number of hydrogen-bond donors (Lipinski definition) is 2. The van der Waals surface area contributed by atoms with Crippen molar-refractivity contribution < 1.29 is 9.53 Å². The van der Waals surface area contributed by atoms with Crippen molar-refractivity contribution in [3.05, 3.63) is 65.7 Å². The highest BCUT2D eigenvalue weighted by atomic mass is 16.5. The van der Waals surface area contributed by atoms with Crippen molar-refractivity contribution in [2.45, 2.75) is 32.6 Å². The maximum Gasteiger partial charge on any atom is 0.223 e. The molecule has 6 nitrogen and oxygen atoms in total. The van der Waals surface area contributed by atoms with Gasteiger partial charge >= 0.3 is 0 Å². The summed E-state index contributed by atoms with van der Waals surface area (Å²) in [5.74, 6) is 2.26. The fourth-order valence-electron chi connectivity index (χ4n) is 3.99. The van der Waals surface area contributed by atoms with Gasteiger partial charge in [-0.05, 0) is 49.4 Å². The molecule has 2 aromatic carbocycles. The molecule has 3 rings (SSSR count). The molecule has 0 spiro atoms. The summed E-state index contributed by atoms with van der Waals surface area (Å²) in [6.07, 6.45) is 3.48. The molecule has 172 valence electrons. The first-order valence-corrected chi connectivity index (χ1v) is 11.6. The maximum atomic E-state index is 12.4. The van der Waals surface area contributed by atoms with E-state index in [-0.39, 0.29) is 11.8 Å². The van der Waals surface area contributed by atoms with E-state index >= 15 is 0 Å². The summed E-state index contributed by atoms with van der Waals surface area (Å²) in [5.41, 5.74) is 2.54. The molecule has 1 unspecified atom stereocenters. The molecule has 1 aliphatic heterocycles. The van der Waals surface area contributed by atoms with E-state index in [1.807, 2.05) is 35.2 Å². The van der Waals surface area contributed by atoms with Gasteiger partial charge in [0.2, 0.25) is 5.91 Å². The van der Waals surface area contributed by atoms with Gasteiger partial charge in [0.05, 0.1) is 7.11 Å². The van der Waals surface area contributed by atoms with Crippen LogP contribution in [0.3, 0.4) is 0 Å². The lowest BCUT2D eigenvalue weighted by Crippen LogP contribution is -2.38. The van der Waals surface area contributed by atoms with Crippen LogP contribution in [0.25, 0.3) is 0 Å². The summed E-state index contributed by atoms with van der Waals surface area (Å²) >= 11 is 0. The van der Waals surface area contributed by atoms with Crippen LogP contribution in [0.2, 0.25) is 0 Å². The molecule has 1 atom stereocenters. The summed E-state index contributed by atoms with van der Waals surface area (Å²) in [4.78, 5) is 19.1. The highest BCUT2D eigenvalue weighted by Crippen LogP contribution is 2.18. The lowest BCUT2D eigenvalue weighted by Gasteiger charge is -2.16. The first-order chi connectivity index (χ1) is 15.7. The molecule has 0 bridgehead atoms. The average molecular weight is 437 g/mol. The molecule has 1 aliphatic rings. The molecule has 1 saturated heterocycles. The number of amides is 1. The molecule has 2 aromatic rings. The van der Waals surface area contributed by atoms with Crippen molar-refractivity contribution in [2.75, 3.05) is 39.8 Å². The Morgan fingerprint density at radius 2 is 1.91 bits per heavy atom. The molecule has 1 fully saturated rings. The second-order valence-electron chi connectivity index (χ2n) is 8.25. The third kappa shape index (κ3) is 7.59. The molecule has 32 heavy (non-hydrogen) atoms. The van der Waals surface area contributed by atoms with Crippen molar-refractivity contribution in [1.82, 2.24) is 15.5 Å². The van der Waals surface area contributed by atoms with Crippen molar-refractivity contribution in [2.24, 2.45) is 10.9 Å². The van der Waals surface area contributed by atoms with E-state index in [1.54, 1.807) is 7.11 Å². The van der Waals surface area contributed by atoms with E-state index in [0.717, 1.165) is 57.2 Å². The van der Waals surface area contributed by atoms with Crippen molar-refractivity contribution >= 4 is 11.9 Å². The fourth-order valence-corrected chi connectivity index (χ4v) is 3.99. The van der Waals surface area contributed by atoms with Gasteiger partial charge < -0.3 is 20.3 Å². The Hall–Kier alpha value is -3.02. The first kappa shape index (κ1) is 23.6. The SMILES string of the molecule is CCNC(=NCC1CC(=O)N(CCc2ccccc2)C1)NCCCc1cccc(OC)c1. The van der Waals surface area contributed by atoms with Crippen molar-refractivity contribution in [3.63, 3.8) is 0 Å². The Balaban J connectivity index is 1.41. The largest absolute Gasteiger partial charge is 0.497 e. The molecule has 0 saturated carbocycles. The van der Waals surface area contributed by atoms with Crippen LogP contribution in [0.1, 0.15) is 30.9 Å². The Morgan fingerprint density at radius 3 is 2.69 bits per heavy atom. The number of nitrogens with zero attached hydrogens (tertiary/aromatic N) is 2. The van der Waals surface area contributed by atoms with Gasteiger partial charge in [-0.25, -0.2) is 0 Å². The van der Waals surface area contributed by atoms with Crippen LogP contribution in [-0.4, -0.2) is 56.6 Å². The number of rotatable bonds is 11. The zero-order valence-corrected chi connectivity index (χ0v) is 19.3. The number of benzene rings is 2. The standard InChI is InChI=1S/C26H36N4O2/c1-3-27-26(28-15-8-12-22-11-7-13-24(17-22)32-2)29-19-23-18-25(31)30(20-23)16-14-21-9-5-4-6-10-21/h4-7,9-11,13,17,23H,3,8,12,14-16,18-20H2,1-2H3,(H2,27,28,29). The Kier molecular flexibility index (Phi) is 9.41. The van der Waals surface area contributed by atoms with E-state index in [0.29, 0.717) is 13.0 Å². The van der Waals surface area contributed by atoms with Gasteiger partial charge in [-0.1, -0.05) is 42.5 Å². The fraction of sp³-hybridized carbons (Fsp3) is 0.462. The lowest BCUT2D eigenvalue weighted by atomic mass is 10.1. The number of aryl methyl sites for hydroxylation is 1. The highest BCUT2D eigenvalue weighted by Gasteiger charge is 2.28. The number of guanidine groups is 1. The molecule has 0 radical (unpaired) electrons. The predicted molar refractivity (Wildman–Crippen MR) is 130 cm³/mol. The van der Waals surface area contributed by atoms with Crippen LogP contribution in [0.5, 0.6) is 5.75 Å². The van der Waals surface area contributed by atoms with Gasteiger partial charge in [-0.2, -0.15) is 0 Å². The van der Waals surface area contributed by atoms with Gasteiger partial charge in [-0.3, -0.25) is 9.79 Å². The van der Waals surface area contributed by atoms with Crippen LogP contribution < -0.4 is 15.4 Å². The number of carbonyl (C=O) groups excluding carboxylic acids is 1. The topological polar surface area (TPSA) is 66.0 Å². The van der Waals surface area contributed by atoms with Crippen molar-refractivity contribution in [3.8, 4) is 5.75 Å². The lowest BCUT2D eigenvalue weighted by molar-refractivity contribution is -0.127. The molecule has 6 heteroatoms. The van der Waals surface area contributed by atoms with E-state index < -0.39 is 0 Å². The van der Waals surface area contributed by atoms with Crippen LogP contribution in [0, 0.1) is 5.92 Å². The molecular weight excluding hydrogens is 400 g/mol. The van der Waals surface area contributed by atoms with Gasteiger partial charge in [0, 0.05) is 45.1 Å². The van der Waals surface area contributed by atoms with Crippen LogP contribution in [0.15, 0.2) is 59.6 Å². The summed E-state index contributed by atoms with van der Waals surface area (Å²) in [6.45, 7) is 5.97. The smallest absolute Gasteiger partial charge is 0.223 e. The summed E-state index contributed by atoms with van der Waals surface area (Å²) < 4.78 is 5.29. The van der Waals surface area contributed by atoms with Gasteiger partial charge in [0.15, 0.2) is 5.96 Å². The second kappa shape index (κ2) is 12.7. The molecule has 0 aliphatic carbocycles. The molecule has 1 amide bonds. The number of nitrogens with one attached hydrogen (secondary N) is 2. The van der Waals surface area contributed by atoms with Gasteiger partial charge in [0.1, 0.15) is 5.75 Å². The Bertz CT molecular complexity index is 869. The number of likely N-dealkylation sites (tertiary alicyclic amines) is 1. The normalized spacial score (nSPS) is 16.3. The molecule has 2 N–H and O–H groups in total. The maximum absolute atomic E-state index is 12.4. The van der Waals surface area contributed by atoms with Gasteiger partial charge in [-0.15, -0.1) is 0 Å². The number of carbonyl (C=O) groups is 1. The van der Waals surface area contributed by atoms with E-state index in [2.05, 4.69) is 41.8 Å². The minimum Gasteiger partial charge on any atom is -0.497 e. The monoisotopic (exact) mass is 436 g/mol. The molecular formula is C26H36N4O2. The zero-order chi connectivity index (χ0) is 22.6. The summed E-state index contributed by atoms with van der Waals surface area (Å²) in [6, 6.07) is 18.5. The van der Waals surface area contributed by atoms with Crippen LogP contribution in [0.4, 0.5) is 0 Å². The number of ether oxygens (including phenoxy) is 1.